The molecule has 26 heavy (non-hydrogen) atoms. The van der Waals surface area contributed by atoms with Crippen LogP contribution in [0.2, 0.25) is 5.02 Å². The number of fused-ring (bicyclic) bond motifs is 3. The number of hydrogen-bond donors (Lipinski definition) is 1. The third-order valence-electron chi connectivity index (χ3n) is 5.14. The Hall–Kier alpha value is -2.45. The van der Waals surface area contributed by atoms with Gasteiger partial charge in [0.25, 0.3) is 0 Å². The van der Waals surface area contributed by atoms with Crippen LogP contribution in [0.4, 0.5) is 17.1 Å². The fraction of sp³-hybridized carbons (Fsp3) is 0.217. The third kappa shape index (κ3) is 3.06. The lowest BCUT2D eigenvalue weighted by Crippen LogP contribution is -2.21. The molecule has 0 spiro atoms. The first-order chi connectivity index (χ1) is 12.7. The van der Waals surface area contributed by atoms with Crippen molar-refractivity contribution in [3.8, 4) is 11.1 Å². The molecule has 0 fully saturated rings. The molecule has 132 valence electrons. The Morgan fingerprint density at radius 3 is 2.35 bits per heavy atom. The van der Waals surface area contributed by atoms with E-state index in [2.05, 4.69) is 66.5 Å². The summed E-state index contributed by atoms with van der Waals surface area (Å²) in [7, 11) is 0. The van der Waals surface area contributed by atoms with E-state index in [0.29, 0.717) is 0 Å². The second kappa shape index (κ2) is 7.05. The van der Waals surface area contributed by atoms with Gasteiger partial charge >= 0.3 is 0 Å². The molecule has 1 aliphatic carbocycles. The van der Waals surface area contributed by atoms with Crippen molar-refractivity contribution in [3.05, 3.63) is 76.8 Å². The van der Waals surface area contributed by atoms with Gasteiger partial charge in [-0.3, -0.25) is 0 Å². The highest BCUT2D eigenvalue weighted by Crippen LogP contribution is 2.42. The standard InChI is InChI=1S/C23H23ClN2/c1-3-26(4-2)19-11-10-16-12-17-13-23(25-18-8-6-5-7-9-18)22(24)15-21(17)20(16)14-19/h5-11,13-15,25H,3-4,12H2,1-2H3. The largest absolute Gasteiger partial charge is 0.372 e. The molecule has 0 heterocycles. The first-order valence-electron chi connectivity index (χ1n) is 9.22. The summed E-state index contributed by atoms with van der Waals surface area (Å²) >= 11 is 6.61. The van der Waals surface area contributed by atoms with Crippen molar-refractivity contribution in [2.45, 2.75) is 20.3 Å². The zero-order chi connectivity index (χ0) is 18.1. The topological polar surface area (TPSA) is 15.3 Å². The molecule has 3 aromatic rings. The molecular formula is C23H23ClN2. The minimum Gasteiger partial charge on any atom is -0.372 e. The minimum atomic E-state index is 0.758. The molecule has 0 amide bonds. The van der Waals surface area contributed by atoms with Crippen LogP contribution in [-0.2, 0) is 6.42 Å². The first kappa shape index (κ1) is 17.0. The molecular weight excluding hydrogens is 340 g/mol. The Morgan fingerprint density at radius 2 is 1.62 bits per heavy atom. The van der Waals surface area contributed by atoms with Gasteiger partial charge in [0.2, 0.25) is 0 Å². The first-order valence-corrected chi connectivity index (χ1v) is 9.60. The number of benzene rings is 3. The average Bonchev–Trinajstić information content (AvgIpc) is 3.01. The maximum atomic E-state index is 6.61. The highest BCUT2D eigenvalue weighted by molar-refractivity contribution is 6.33. The SMILES string of the molecule is CCN(CC)c1ccc2c(c1)-c1cc(Cl)c(Nc3ccccc3)cc1C2. The average molecular weight is 363 g/mol. The molecule has 0 aliphatic heterocycles. The van der Waals surface area contributed by atoms with Gasteiger partial charge in [0.05, 0.1) is 10.7 Å². The molecule has 0 atom stereocenters. The molecule has 3 heteroatoms. The van der Waals surface area contributed by atoms with E-state index < -0.39 is 0 Å². The summed E-state index contributed by atoms with van der Waals surface area (Å²) < 4.78 is 0. The van der Waals surface area contributed by atoms with E-state index in [1.165, 1.54) is 27.9 Å². The molecule has 1 aliphatic rings. The van der Waals surface area contributed by atoms with Crippen LogP contribution in [0, 0.1) is 0 Å². The quantitative estimate of drug-likeness (QED) is 0.435. The van der Waals surface area contributed by atoms with E-state index >= 15 is 0 Å². The van der Waals surface area contributed by atoms with Crippen molar-refractivity contribution in [1.29, 1.82) is 0 Å². The monoisotopic (exact) mass is 362 g/mol. The molecule has 0 unspecified atom stereocenters. The number of rotatable bonds is 5. The maximum Gasteiger partial charge on any atom is 0.0647 e. The van der Waals surface area contributed by atoms with E-state index in [4.69, 9.17) is 11.6 Å². The van der Waals surface area contributed by atoms with E-state index in [1.807, 2.05) is 18.2 Å². The highest BCUT2D eigenvalue weighted by atomic mass is 35.5. The van der Waals surface area contributed by atoms with Gasteiger partial charge in [-0.05, 0) is 78.9 Å². The number of hydrogen-bond acceptors (Lipinski definition) is 2. The molecule has 1 N–H and O–H groups in total. The zero-order valence-electron chi connectivity index (χ0n) is 15.2. The number of halogens is 1. The molecule has 0 radical (unpaired) electrons. The number of anilines is 3. The lowest BCUT2D eigenvalue weighted by Gasteiger charge is -2.22. The van der Waals surface area contributed by atoms with Crippen LogP contribution in [0.5, 0.6) is 0 Å². The van der Waals surface area contributed by atoms with Gasteiger partial charge in [-0.2, -0.15) is 0 Å². The Kier molecular flexibility index (Phi) is 4.60. The number of nitrogens with one attached hydrogen (secondary N) is 1. The summed E-state index contributed by atoms with van der Waals surface area (Å²) in [4.78, 5) is 2.38. The summed E-state index contributed by atoms with van der Waals surface area (Å²) in [6.45, 7) is 6.43. The predicted octanol–water partition coefficient (Wildman–Crippen LogP) is 6.50. The fourth-order valence-electron chi connectivity index (χ4n) is 3.75. The molecule has 3 aromatic carbocycles. The fourth-order valence-corrected chi connectivity index (χ4v) is 3.96. The predicted molar refractivity (Wildman–Crippen MR) is 113 cm³/mol. The minimum absolute atomic E-state index is 0.758. The van der Waals surface area contributed by atoms with Gasteiger partial charge in [0.1, 0.15) is 0 Å². The van der Waals surface area contributed by atoms with Crippen molar-refractivity contribution in [3.63, 3.8) is 0 Å². The van der Waals surface area contributed by atoms with Crippen LogP contribution in [-0.4, -0.2) is 13.1 Å². The molecule has 2 nitrogen and oxygen atoms in total. The van der Waals surface area contributed by atoms with E-state index in [-0.39, 0.29) is 0 Å². The Morgan fingerprint density at radius 1 is 0.885 bits per heavy atom. The van der Waals surface area contributed by atoms with Crippen LogP contribution in [0.1, 0.15) is 25.0 Å². The summed E-state index contributed by atoms with van der Waals surface area (Å²) in [6, 6.07) is 21.3. The second-order valence-electron chi connectivity index (χ2n) is 6.67. The third-order valence-corrected chi connectivity index (χ3v) is 5.45. The molecule has 0 saturated carbocycles. The normalized spacial score (nSPS) is 11.8. The summed E-state index contributed by atoms with van der Waals surface area (Å²) in [6.07, 6.45) is 0.962. The van der Waals surface area contributed by atoms with Crippen molar-refractivity contribution < 1.29 is 0 Å². The van der Waals surface area contributed by atoms with Crippen molar-refractivity contribution in [2.75, 3.05) is 23.3 Å². The maximum absolute atomic E-state index is 6.61. The van der Waals surface area contributed by atoms with Gasteiger partial charge in [0.15, 0.2) is 0 Å². The van der Waals surface area contributed by atoms with Gasteiger partial charge in [-0.15, -0.1) is 0 Å². The van der Waals surface area contributed by atoms with Crippen LogP contribution in [0.3, 0.4) is 0 Å². The summed E-state index contributed by atoms with van der Waals surface area (Å²) in [5.41, 5.74) is 8.59. The molecule has 0 saturated heterocycles. The number of para-hydroxylation sites is 1. The van der Waals surface area contributed by atoms with Crippen LogP contribution < -0.4 is 10.2 Å². The summed E-state index contributed by atoms with van der Waals surface area (Å²) in [5.74, 6) is 0. The summed E-state index contributed by atoms with van der Waals surface area (Å²) in [5, 5.41) is 4.19. The Balaban J connectivity index is 1.70. The van der Waals surface area contributed by atoms with Gasteiger partial charge in [-0.25, -0.2) is 0 Å². The zero-order valence-corrected chi connectivity index (χ0v) is 16.0. The lowest BCUT2D eigenvalue weighted by atomic mass is 10.0. The highest BCUT2D eigenvalue weighted by Gasteiger charge is 2.21. The Labute approximate surface area is 160 Å². The van der Waals surface area contributed by atoms with Gasteiger partial charge in [-0.1, -0.05) is 35.9 Å². The lowest BCUT2D eigenvalue weighted by molar-refractivity contribution is 0.866. The van der Waals surface area contributed by atoms with E-state index in [9.17, 15) is 0 Å². The van der Waals surface area contributed by atoms with Crippen LogP contribution in [0.15, 0.2) is 60.7 Å². The molecule has 0 aromatic heterocycles. The molecule has 4 rings (SSSR count). The van der Waals surface area contributed by atoms with E-state index in [1.54, 1.807) is 0 Å². The van der Waals surface area contributed by atoms with Crippen molar-refractivity contribution in [2.24, 2.45) is 0 Å². The van der Waals surface area contributed by atoms with Crippen molar-refractivity contribution >= 4 is 28.7 Å². The molecule has 0 bridgehead atoms. The van der Waals surface area contributed by atoms with Crippen LogP contribution >= 0.6 is 11.6 Å². The van der Waals surface area contributed by atoms with Crippen LogP contribution in [0.25, 0.3) is 11.1 Å². The van der Waals surface area contributed by atoms with Gasteiger partial charge < -0.3 is 10.2 Å². The smallest absolute Gasteiger partial charge is 0.0647 e. The van der Waals surface area contributed by atoms with Gasteiger partial charge in [0, 0.05) is 24.5 Å². The van der Waals surface area contributed by atoms with E-state index in [0.717, 1.165) is 35.9 Å². The second-order valence-corrected chi connectivity index (χ2v) is 7.08. The number of nitrogens with zero attached hydrogens (tertiary/aromatic N) is 1. The Bertz CT molecular complexity index is 930. The van der Waals surface area contributed by atoms with Crippen molar-refractivity contribution in [1.82, 2.24) is 0 Å².